The first-order valence-corrected chi connectivity index (χ1v) is 7.68. The first-order chi connectivity index (χ1) is 10.7. The molecule has 0 bridgehead atoms. The minimum Gasteiger partial charge on any atom is -0.354 e. The van der Waals surface area contributed by atoms with E-state index in [9.17, 15) is 9.59 Å². The predicted molar refractivity (Wildman–Crippen MR) is 83.2 cm³/mol. The van der Waals surface area contributed by atoms with Crippen LogP contribution < -0.4 is 5.32 Å². The summed E-state index contributed by atoms with van der Waals surface area (Å²) in [6.07, 6.45) is 3.50. The second kappa shape index (κ2) is 6.17. The van der Waals surface area contributed by atoms with E-state index >= 15 is 0 Å². The number of fused-ring (bicyclic) bond motifs is 1. The Morgan fingerprint density at radius 3 is 3.14 bits per heavy atom. The maximum absolute atomic E-state index is 12.6. The van der Waals surface area contributed by atoms with Gasteiger partial charge in [-0.05, 0) is 30.5 Å². The molecule has 1 atom stereocenters. The lowest BCUT2D eigenvalue weighted by Crippen LogP contribution is -2.47. The molecule has 3 rings (SSSR count). The zero-order valence-corrected chi connectivity index (χ0v) is 12.6. The van der Waals surface area contributed by atoms with Gasteiger partial charge in [0.25, 0.3) is 0 Å². The molecule has 1 aromatic heterocycles. The number of nitrogens with one attached hydrogen (secondary N) is 2. The lowest BCUT2D eigenvalue weighted by atomic mass is 10.1. The third-order valence-electron chi connectivity index (χ3n) is 4.12. The maximum Gasteiger partial charge on any atom is 0.242 e. The number of hydrogen-bond acceptors (Lipinski definition) is 3. The van der Waals surface area contributed by atoms with E-state index in [1.807, 2.05) is 25.1 Å². The normalized spacial score (nSPS) is 19.0. The molecule has 0 unspecified atom stereocenters. The maximum atomic E-state index is 12.6. The van der Waals surface area contributed by atoms with Gasteiger partial charge in [-0.25, -0.2) is 0 Å². The molecule has 2 N–H and O–H groups in total. The molecule has 1 aliphatic heterocycles. The monoisotopic (exact) mass is 300 g/mol. The number of rotatable bonds is 3. The van der Waals surface area contributed by atoms with Crippen LogP contribution in [0.3, 0.4) is 0 Å². The highest BCUT2D eigenvalue weighted by molar-refractivity contribution is 5.89. The molecule has 22 heavy (non-hydrogen) atoms. The summed E-state index contributed by atoms with van der Waals surface area (Å²) < 4.78 is 0. The Balaban J connectivity index is 1.78. The van der Waals surface area contributed by atoms with E-state index in [1.165, 1.54) is 0 Å². The number of carbonyl (C=O) groups is 2. The highest BCUT2D eigenvalue weighted by Crippen LogP contribution is 2.16. The van der Waals surface area contributed by atoms with Gasteiger partial charge in [0, 0.05) is 18.5 Å². The second-order valence-electron chi connectivity index (χ2n) is 5.62. The third-order valence-corrected chi connectivity index (χ3v) is 4.12. The molecule has 0 aliphatic carbocycles. The topological polar surface area (TPSA) is 78.1 Å². The Morgan fingerprint density at radius 2 is 2.32 bits per heavy atom. The number of H-pyrrole nitrogens is 1. The Bertz CT molecular complexity index is 694. The van der Waals surface area contributed by atoms with Gasteiger partial charge >= 0.3 is 0 Å². The van der Waals surface area contributed by atoms with Crippen molar-refractivity contribution < 1.29 is 9.59 Å². The zero-order valence-electron chi connectivity index (χ0n) is 12.6. The van der Waals surface area contributed by atoms with Crippen molar-refractivity contribution in [3.05, 3.63) is 30.0 Å². The molecule has 1 aliphatic rings. The summed E-state index contributed by atoms with van der Waals surface area (Å²) in [4.78, 5) is 26.4. The predicted octanol–water partition coefficient (Wildman–Crippen LogP) is 1.23. The van der Waals surface area contributed by atoms with Crippen LogP contribution in [-0.4, -0.2) is 46.0 Å². The number of amides is 2. The van der Waals surface area contributed by atoms with E-state index in [1.54, 1.807) is 11.1 Å². The molecule has 1 fully saturated rings. The highest BCUT2D eigenvalue weighted by atomic mass is 16.2. The summed E-state index contributed by atoms with van der Waals surface area (Å²) in [5.41, 5.74) is 1.90. The molecular formula is C16H20N4O2. The molecule has 1 saturated heterocycles. The van der Waals surface area contributed by atoms with Crippen LogP contribution in [0.4, 0.5) is 0 Å². The zero-order chi connectivity index (χ0) is 15.5. The lowest BCUT2D eigenvalue weighted by molar-refractivity contribution is -0.139. The average Bonchev–Trinajstić information content (AvgIpc) is 2.89. The van der Waals surface area contributed by atoms with Crippen LogP contribution in [0.5, 0.6) is 0 Å². The Hall–Kier alpha value is -2.37. The number of hydrogen-bond donors (Lipinski definition) is 2. The summed E-state index contributed by atoms with van der Waals surface area (Å²) in [5, 5.41) is 10.7. The van der Waals surface area contributed by atoms with Gasteiger partial charge in [0.1, 0.15) is 6.04 Å². The number of aromatic amines is 1. The van der Waals surface area contributed by atoms with Gasteiger partial charge in [0.05, 0.1) is 18.1 Å². The number of aromatic nitrogens is 2. The van der Waals surface area contributed by atoms with Gasteiger partial charge in [-0.3, -0.25) is 14.7 Å². The van der Waals surface area contributed by atoms with Crippen molar-refractivity contribution >= 4 is 22.7 Å². The van der Waals surface area contributed by atoms with Crippen LogP contribution in [0.2, 0.25) is 0 Å². The summed E-state index contributed by atoms with van der Waals surface area (Å²) in [6.45, 7) is 3.21. The summed E-state index contributed by atoms with van der Waals surface area (Å²) in [6, 6.07) is 5.47. The van der Waals surface area contributed by atoms with Crippen molar-refractivity contribution in [3.8, 4) is 0 Å². The molecule has 2 heterocycles. The smallest absolute Gasteiger partial charge is 0.242 e. The van der Waals surface area contributed by atoms with E-state index in [0.717, 1.165) is 22.9 Å². The van der Waals surface area contributed by atoms with Crippen molar-refractivity contribution in [2.75, 3.05) is 13.1 Å². The molecule has 2 amide bonds. The SMILES string of the molecule is CC[C@@H]1C(=O)NCCCN1C(=O)Cc1ccc2[nH]ncc2c1. The number of benzene rings is 1. The fourth-order valence-corrected chi connectivity index (χ4v) is 2.96. The fraction of sp³-hybridized carbons (Fsp3) is 0.438. The van der Waals surface area contributed by atoms with E-state index in [0.29, 0.717) is 25.9 Å². The first-order valence-electron chi connectivity index (χ1n) is 7.68. The van der Waals surface area contributed by atoms with Crippen LogP contribution in [0.25, 0.3) is 10.9 Å². The van der Waals surface area contributed by atoms with Crippen molar-refractivity contribution in [2.24, 2.45) is 0 Å². The van der Waals surface area contributed by atoms with Gasteiger partial charge in [-0.15, -0.1) is 0 Å². The second-order valence-corrected chi connectivity index (χ2v) is 5.62. The van der Waals surface area contributed by atoms with Crippen molar-refractivity contribution in [1.82, 2.24) is 20.4 Å². The minimum absolute atomic E-state index is 0.00625. The summed E-state index contributed by atoms with van der Waals surface area (Å²) in [5.74, 6) is -0.0367. The van der Waals surface area contributed by atoms with Gasteiger partial charge in [-0.1, -0.05) is 13.0 Å². The largest absolute Gasteiger partial charge is 0.354 e. The van der Waals surface area contributed by atoms with E-state index < -0.39 is 0 Å². The van der Waals surface area contributed by atoms with Crippen molar-refractivity contribution in [3.63, 3.8) is 0 Å². The van der Waals surface area contributed by atoms with E-state index in [-0.39, 0.29) is 17.9 Å². The minimum atomic E-state index is -0.354. The summed E-state index contributed by atoms with van der Waals surface area (Å²) in [7, 11) is 0. The average molecular weight is 300 g/mol. The molecule has 116 valence electrons. The van der Waals surface area contributed by atoms with Gasteiger partial charge < -0.3 is 10.2 Å². The lowest BCUT2D eigenvalue weighted by Gasteiger charge is -2.27. The molecule has 6 nitrogen and oxygen atoms in total. The molecule has 1 aromatic carbocycles. The van der Waals surface area contributed by atoms with Crippen molar-refractivity contribution in [1.29, 1.82) is 0 Å². The van der Waals surface area contributed by atoms with Crippen LogP contribution in [0, 0.1) is 0 Å². The Morgan fingerprint density at radius 1 is 1.45 bits per heavy atom. The number of nitrogens with zero attached hydrogens (tertiary/aromatic N) is 2. The molecule has 0 saturated carbocycles. The molecule has 2 aromatic rings. The molecular weight excluding hydrogens is 280 g/mol. The Labute approximate surface area is 128 Å². The Kier molecular flexibility index (Phi) is 4.09. The third kappa shape index (κ3) is 2.81. The van der Waals surface area contributed by atoms with Gasteiger partial charge in [0.2, 0.25) is 11.8 Å². The standard InChI is InChI=1S/C16H20N4O2/c1-2-14-16(22)17-6-3-7-20(14)15(21)9-11-4-5-13-12(8-11)10-18-19-13/h4-5,8,10,14H,2-3,6-7,9H2,1H3,(H,17,22)(H,18,19)/t14-/m1/s1. The van der Waals surface area contributed by atoms with Gasteiger partial charge in [-0.2, -0.15) is 5.10 Å². The van der Waals surface area contributed by atoms with E-state index in [2.05, 4.69) is 15.5 Å². The van der Waals surface area contributed by atoms with E-state index in [4.69, 9.17) is 0 Å². The fourth-order valence-electron chi connectivity index (χ4n) is 2.96. The van der Waals surface area contributed by atoms with Crippen LogP contribution in [0.15, 0.2) is 24.4 Å². The molecule has 6 heteroatoms. The van der Waals surface area contributed by atoms with Gasteiger partial charge in [0.15, 0.2) is 0 Å². The highest BCUT2D eigenvalue weighted by Gasteiger charge is 2.29. The molecule has 0 spiro atoms. The summed E-state index contributed by atoms with van der Waals surface area (Å²) >= 11 is 0. The molecule has 0 radical (unpaired) electrons. The van der Waals surface area contributed by atoms with Crippen LogP contribution in [0.1, 0.15) is 25.3 Å². The van der Waals surface area contributed by atoms with Crippen LogP contribution >= 0.6 is 0 Å². The number of carbonyl (C=O) groups excluding carboxylic acids is 2. The van der Waals surface area contributed by atoms with Crippen molar-refractivity contribution in [2.45, 2.75) is 32.2 Å². The first kappa shape index (κ1) is 14.6. The van der Waals surface area contributed by atoms with Crippen LogP contribution in [-0.2, 0) is 16.0 Å². The quantitative estimate of drug-likeness (QED) is 0.895.